The maximum absolute atomic E-state index is 14.3. The van der Waals surface area contributed by atoms with E-state index in [1.807, 2.05) is 83.8 Å². The van der Waals surface area contributed by atoms with Gasteiger partial charge in [0.25, 0.3) is 5.91 Å². The number of thiazole rings is 1. The molecule has 1 fully saturated rings. The van der Waals surface area contributed by atoms with Crippen LogP contribution in [0.2, 0.25) is 0 Å². The molecular weight excluding hydrogens is 480 g/mol. The van der Waals surface area contributed by atoms with E-state index in [4.69, 9.17) is 14.7 Å². The smallest absolute Gasteiger partial charge is 0.260 e. The van der Waals surface area contributed by atoms with Gasteiger partial charge >= 0.3 is 0 Å². The minimum absolute atomic E-state index is 0.0446. The van der Waals surface area contributed by atoms with Crippen molar-refractivity contribution in [2.24, 2.45) is 0 Å². The highest BCUT2D eigenvalue weighted by Crippen LogP contribution is 2.32. The third-order valence-corrected chi connectivity index (χ3v) is 7.79. The Morgan fingerprint density at radius 2 is 1.62 bits per heavy atom. The molecule has 186 valence electrons. The van der Waals surface area contributed by atoms with Crippen molar-refractivity contribution in [1.29, 1.82) is 0 Å². The number of benzene rings is 3. The van der Waals surface area contributed by atoms with E-state index in [1.165, 1.54) is 0 Å². The first-order valence-electron chi connectivity index (χ1n) is 12.7. The number of ether oxygens (including phenoxy) is 1. The summed E-state index contributed by atoms with van der Waals surface area (Å²) >= 11 is 1.57. The van der Waals surface area contributed by atoms with Crippen molar-refractivity contribution in [3.63, 3.8) is 0 Å². The molecule has 0 aliphatic carbocycles. The molecule has 6 nitrogen and oxygen atoms in total. The number of fused-ring (bicyclic) bond motifs is 2. The van der Waals surface area contributed by atoms with Crippen LogP contribution in [-0.4, -0.2) is 60.2 Å². The van der Waals surface area contributed by atoms with E-state index >= 15 is 0 Å². The van der Waals surface area contributed by atoms with Crippen LogP contribution in [0.25, 0.3) is 32.4 Å². The SMILES string of the molecule is O=C(c1cc(-c2ccccc2)nc2ccccc12)N(CCCN1CCOCC1)c1nc2ccccc2s1. The Balaban J connectivity index is 1.39. The number of amides is 1. The molecule has 3 heterocycles. The van der Waals surface area contributed by atoms with Crippen molar-refractivity contribution >= 4 is 43.5 Å². The van der Waals surface area contributed by atoms with E-state index in [0.29, 0.717) is 12.1 Å². The highest BCUT2D eigenvalue weighted by molar-refractivity contribution is 7.22. The summed E-state index contributed by atoms with van der Waals surface area (Å²) in [5.41, 5.74) is 4.15. The van der Waals surface area contributed by atoms with Gasteiger partial charge in [-0.3, -0.25) is 14.6 Å². The van der Waals surface area contributed by atoms with Crippen LogP contribution in [0.15, 0.2) is 84.9 Å². The second-order valence-corrected chi connectivity index (χ2v) is 10.2. The minimum atomic E-state index is -0.0446. The Hall–Kier alpha value is -3.65. The summed E-state index contributed by atoms with van der Waals surface area (Å²) in [6.45, 7) is 4.92. The summed E-state index contributed by atoms with van der Waals surface area (Å²) in [6.07, 6.45) is 0.857. The van der Waals surface area contributed by atoms with Gasteiger partial charge in [-0.15, -0.1) is 0 Å². The molecule has 7 heteroatoms. The molecule has 0 N–H and O–H groups in total. The normalized spacial score (nSPS) is 14.3. The first-order valence-corrected chi connectivity index (χ1v) is 13.5. The van der Waals surface area contributed by atoms with E-state index in [2.05, 4.69) is 11.0 Å². The summed E-state index contributed by atoms with van der Waals surface area (Å²) < 4.78 is 6.57. The van der Waals surface area contributed by atoms with Gasteiger partial charge in [0.15, 0.2) is 5.13 Å². The van der Waals surface area contributed by atoms with Gasteiger partial charge in [0.2, 0.25) is 0 Å². The van der Waals surface area contributed by atoms with Crippen molar-refractivity contribution in [1.82, 2.24) is 14.9 Å². The fourth-order valence-electron chi connectivity index (χ4n) is 4.79. The third-order valence-electron chi connectivity index (χ3n) is 6.73. The number of aromatic nitrogens is 2. The van der Waals surface area contributed by atoms with Crippen LogP contribution in [0, 0.1) is 0 Å². The largest absolute Gasteiger partial charge is 0.379 e. The van der Waals surface area contributed by atoms with Crippen LogP contribution in [0.4, 0.5) is 5.13 Å². The molecule has 0 atom stereocenters. The summed E-state index contributed by atoms with van der Waals surface area (Å²) in [7, 11) is 0. The Labute approximate surface area is 220 Å². The maximum Gasteiger partial charge on any atom is 0.260 e. The Kier molecular flexibility index (Phi) is 6.90. The molecule has 0 bridgehead atoms. The average molecular weight is 509 g/mol. The average Bonchev–Trinajstić information content (AvgIpc) is 3.39. The summed E-state index contributed by atoms with van der Waals surface area (Å²) in [5.74, 6) is -0.0446. The number of morpholine rings is 1. The summed E-state index contributed by atoms with van der Waals surface area (Å²) in [5, 5.41) is 1.59. The number of hydrogen-bond donors (Lipinski definition) is 0. The van der Waals surface area contributed by atoms with Gasteiger partial charge < -0.3 is 4.74 Å². The quantitative estimate of drug-likeness (QED) is 0.275. The lowest BCUT2D eigenvalue weighted by molar-refractivity contribution is 0.0376. The van der Waals surface area contributed by atoms with Crippen LogP contribution in [-0.2, 0) is 4.74 Å². The summed E-state index contributed by atoms with van der Waals surface area (Å²) in [6, 6.07) is 27.9. The molecule has 0 saturated carbocycles. The lowest BCUT2D eigenvalue weighted by atomic mass is 10.0. The second-order valence-electron chi connectivity index (χ2n) is 9.17. The van der Waals surface area contributed by atoms with Crippen LogP contribution in [0.3, 0.4) is 0 Å². The topological polar surface area (TPSA) is 58.6 Å². The predicted octanol–water partition coefficient (Wildman–Crippen LogP) is 5.88. The number of hydrogen-bond acceptors (Lipinski definition) is 6. The number of carbonyl (C=O) groups excluding carboxylic acids is 1. The molecule has 1 saturated heterocycles. The van der Waals surface area contributed by atoms with Crippen LogP contribution in [0.1, 0.15) is 16.8 Å². The zero-order valence-corrected chi connectivity index (χ0v) is 21.4. The Morgan fingerprint density at radius 3 is 2.43 bits per heavy atom. The van der Waals surface area contributed by atoms with Crippen molar-refractivity contribution in [2.75, 3.05) is 44.3 Å². The van der Waals surface area contributed by atoms with E-state index in [-0.39, 0.29) is 5.91 Å². The lowest BCUT2D eigenvalue weighted by Gasteiger charge is -2.28. The molecule has 5 aromatic rings. The van der Waals surface area contributed by atoms with Gasteiger partial charge in [-0.1, -0.05) is 72.0 Å². The molecule has 6 rings (SSSR count). The van der Waals surface area contributed by atoms with Crippen molar-refractivity contribution in [3.8, 4) is 11.3 Å². The fraction of sp³-hybridized carbons (Fsp3) is 0.233. The van der Waals surface area contributed by atoms with Crippen molar-refractivity contribution in [3.05, 3.63) is 90.5 Å². The number of rotatable bonds is 7. The molecule has 1 amide bonds. The number of nitrogens with zero attached hydrogens (tertiary/aromatic N) is 4. The molecule has 0 unspecified atom stereocenters. The highest BCUT2D eigenvalue weighted by Gasteiger charge is 2.24. The maximum atomic E-state index is 14.3. The predicted molar refractivity (Wildman–Crippen MR) is 150 cm³/mol. The van der Waals surface area contributed by atoms with Gasteiger partial charge in [-0.2, -0.15) is 0 Å². The van der Waals surface area contributed by atoms with Gasteiger partial charge in [-0.25, -0.2) is 9.97 Å². The van der Waals surface area contributed by atoms with Crippen molar-refractivity contribution in [2.45, 2.75) is 6.42 Å². The van der Waals surface area contributed by atoms with Gasteiger partial charge in [0.1, 0.15) is 0 Å². The fourth-order valence-corrected chi connectivity index (χ4v) is 5.78. The lowest BCUT2D eigenvalue weighted by Crippen LogP contribution is -2.39. The monoisotopic (exact) mass is 508 g/mol. The first-order chi connectivity index (χ1) is 18.3. The minimum Gasteiger partial charge on any atom is -0.379 e. The van der Waals surface area contributed by atoms with Crippen LogP contribution in [0.5, 0.6) is 0 Å². The van der Waals surface area contributed by atoms with Gasteiger partial charge in [0, 0.05) is 37.1 Å². The van der Waals surface area contributed by atoms with E-state index in [0.717, 1.165) is 76.8 Å². The molecule has 2 aromatic heterocycles. The molecule has 0 radical (unpaired) electrons. The Morgan fingerprint density at radius 1 is 0.892 bits per heavy atom. The van der Waals surface area contributed by atoms with Crippen LogP contribution >= 0.6 is 11.3 Å². The number of carbonyl (C=O) groups is 1. The number of para-hydroxylation sites is 2. The van der Waals surface area contributed by atoms with Gasteiger partial charge in [-0.05, 0) is 30.7 Å². The second kappa shape index (κ2) is 10.8. The highest BCUT2D eigenvalue weighted by atomic mass is 32.1. The standard InChI is InChI=1S/C30H28N4O2S/c35-29(24-21-27(22-9-2-1-3-10-22)31-25-12-5-4-11-23(24)25)34(16-8-15-33-17-19-36-20-18-33)30-32-26-13-6-7-14-28(26)37-30/h1-7,9-14,21H,8,15-20H2. The molecule has 1 aliphatic heterocycles. The van der Waals surface area contributed by atoms with Crippen molar-refractivity contribution < 1.29 is 9.53 Å². The van der Waals surface area contributed by atoms with Crippen LogP contribution < -0.4 is 4.90 Å². The molecule has 3 aromatic carbocycles. The summed E-state index contributed by atoms with van der Waals surface area (Å²) in [4.78, 5) is 28.3. The zero-order chi connectivity index (χ0) is 25.0. The van der Waals surface area contributed by atoms with E-state index in [9.17, 15) is 4.79 Å². The zero-order valence-electron chi connectivity index (χ0n) is 20.5. The number of anilines is 1. The molecule has 1 aliphatic rings. The molecule has 37 heavy (non-hydrogen) atoms. The third kappa shape index (κ3) is 5.11. The number of pyridine rings is 1. The van der Waals surface area contributed by atoms with E-state index in [1.54, 1.807) is 11.3 Å². The molecular formula is C30H28N4O2S. The molecule has 0 spiro atoms. The Bertz CT molecular complexity index is 1500. The first kappa shape index (κ1) is 23.7. The van der Waals surface area contributed by atoms with E-state index < -0.39 is 0 Å². The van der Waals surface area contributed by atoms with Gasteiger partial charge in [0.05, 0.1) is 40.2 Å².